The fourth-order valence-electron chi connectivity index (χ4n) is 2.81. The number of rotatable bonds is 6. The summed E-state index contributed by atoms with van der Waals surface area (Å²) < 4.78 is 0.912. The molecule has 1 aromatic rings. The van der Waals surface area contributed by atoms with Gasteiger partial charge < -0.3 is 10.2 Å². The van der Waals surface area contributed by atoms with Gasteiger partial charge in [-0.05, 0) is 54.6 Å². The van der Waals surface area contributed by atoms with Crippen LogP contribution in [0.15, 0.2) is 29.5 Å². The molecule has 0 atom stereocenters. The predicted molar refractivity (Wildman–Crippen MR) is 99.3 cm³/mol. The van der Waals surface area contributed by atoms with Gasteiger partial charge in [0.15, 0.2) is 0 Å². The molecule has 4 nitrogen and oxygen atoms in total. The fourth-order valence-corrected chi connectivity index (χ4v) is 3.01. The first kappa shape index (κ1) is 18.0. The molecule has 0 amide bonds. The minimum Gasteiger partial charge on any atom is -0.341 e. The molecule has 1 aliphatic rings. The zero-order valence-corrected chi connectivity index (χ0v) is 15.3. The summed E-state index contributed by atoms with van der Waals surface area (Å²) in [6.07, 6.45) is 11.1. The van der Waals surface area contributed by atoms with Crippen LogP contribution in [0.4, 0.5) is 5.95 Å². The number of hydrogen-bond donors (Lipinski definition) is 1. The van der Waals surface area contributed by atoms with Gasteiger partial charge in [-0.3, -0.25) is 0 Å². The van der Waals surface area contributed by atoms with Crippen molar-refractivity contribution < 1.29 is 0 Å². The van der Waals surface area contributed by atoms with E-state index < -0.39 is 0 Å². The molecule has 1 heterocycles. The van der Waals surface area contributed by atoms with Gasteiger partial charge in [0.1, 0.15) is 0 Å². The molecular weight excluding hydrogens is 352 g/mol. The predicted octanol–water partition coefficient (Wildman–Crippen LogP) is 3.40. The van der Waals surface area contributed by atoms with Crippen LogP contribution < -0.4 is 10.2 Å². The van der Waals surface area contributed by atoms with Crippen LogP contribution in [0.2, 0.25) is 0 Å². The highest BCUT2D eigenvalue weighted by Gasteiger charge is 2.24. The Labute approximate surface area is 147 Å². The highest BCUT2D eigenvalue weighted by Crippen LogP contribution is 2.28. The molecule has 0 spiro atoms. The summed E-state index contributed by atoms with van der Waals surface area (Å²) in [5, 5.41) is 3.31. The molecule has 0 radical (unpaired) electrons. The summed E-state index contributed by atoms with van der Waals surface area (Å²) in [7, 11) is 2.09. The van der Waals surface area contributed by atoms with E-state index in [1.54, 1.807) is 12.4 Å². The topological polar surface area (TPSA) is 41.0 Å². The second-order valence-corrected chi connectivity index (χ2v) is 6.81. The van der Waals surface area contributed by atoms with Gasteiger partial charge in [-0.25, -0.2) is 9.97 Å². The van der Waals surface area contributed by atoms with E-state index in [4.69, 9.17) is 0 Å². The Hall–Kier alpha value is -1.38. The monoisotopic (exact) mass is 376 g/mol. The molecule has 1 saturated carbocycles. The zero-order chi connectivity index (χ0) is 16.5. The molecule has 1 aliphatic carbocycles. The van der Waals surface area contributed by atoms with E-state index >= 15 is 0 Å². The number of nitrogens with one attached hydrogen (secondary N) is 1. The SMILES string of the molecule is C=CCCNCC#C[C@H]1CC[C@H](N(C)c2ncc(Br)cn2)CC1. The van der Waals surface area contributed by atoms with E-state index in [0.29, 0.717) is 12.0 Å². The fraction of sp³-hybridized carbons (Fsp3) is 0.556. The molecule has 2 rings (SSSR count). The van der Waals surface area contributed by atoms with Crippen LogP contribution in [0.1, 0.15) is 32.1 Å². The molecule has 0 aliphatic heterocycles. The van der Waals surface area contributed by atoms with Crippen LogP contribution in [0, 0.1) is 17.8 Å². The van der Waals surface area contributed by atoms with E-state index in [1.807, 2.05) is 6.08 Å². The van der Waals surface area contributed by atoms with Crippen molar-refractivity contribution in [3.63, 3.8) is 0 Å². The number of anilines is 1. The van der Waals surface area contributed by atoms with Crippen LogP contribution in [0.5, 0.6) is 0 Å². The van der Waals surface area contributed by atoms with E-state index in [-0.39, 0.29) is 0 Å². The van der Waals surface area contributed by atoms with Gasteiger partial charge in [0.2, 0.25) is 5.95 Å². The highest BCUT2D eigenvalue weighted by molar-refractivity contribution is 9.10. The van der Waals surface area contributed by atoms with Gasteiger partial charge in [0.05, 0.1) is 11.0 Å². The van der Waals surface area contributed by atoms with E-state index in [9.17, 15) is 0 Å². The Bertz CT molecular complexity index is 538. The summed E-state index contributed by atoms with van der Waals surface area (Å²) in [4.78, 5) is 11.0. The van der Waals surface area contributed by atoms with Gasteiger partial charge in [-0.2, -0.15) is 0 Å². The Kier molecular flexibility index (Phi) is 7.57. The van der Waals surface area contributed by atoms with Crippen molar-refractivity contribution in [2.24, 2.45) is 5.92 Å². The van der Waals surface area contributed by atoms with Gasteiger partial charge in [-0.1, -0.05) is 17.9 Å². The minimum atomic E-state index is 0.514. The first-order valence-electron chi connectivity index (χ1n) is 8.21. The number of aromatic nitrogens is 2. The van der Waals surface area contributed by atoms with Gasteiger partial charge in [0.25, 0.3) is 0 Å². The Morgan fingerprint density at radius 1 is 1.35 bits per heavy atom. The van der Waals surface area contributed by atoms with Crippen molar-refractivity contribution in [1.29, 1.82) is 0 Å². The normalized spacial score (nSPS) is 20.4. The molecule has 23 heavy (non-hydrogen) atoms. The van der Waals surface area contributed by atoms with Crippen LogP contribution in [-0.4, -0.2) is 36.1 Å². The second kappa shape index (κ2) is 9.69. The molecule has 0 saturated heterocycles. The molecule has 1 aromatic heterocycles. The van der Waals surface area contributed by atoms with Crippen molar-refractivity contribution in [3.8, 4) is 11.8 Å². The third-order valence-electron chi connectivity index (χ3n) is 4.21. The minimum absolute atomic E-state index is 0.514. The number of nitrogens with zero attached hydrogens (tertiary/aromatic N) is 3. The average molecular weight is 377 g/mol. The van der Waals surface area contributed by atoms with E-state index in [0.717, 1.165) is 55.6 Å². The third kappa shape index (κ3) is 5.96. The van der Waals surface area contributed by atoms with Crippen molar-refractivity contribution in [1.82, 2.24) is 15.3 Å². The van der Waals surface area contributed by atoms with Gasteiger partial charge in [0, 0.05) is 31.4 Å². The molecule has 1 fully saturated rings. The quantitative estimate of drug-likeness (QED) is 0.469. The van der Waals surface area contributed by atoms with Crippen LogP contribution in [-0.2, 0) is 0 Å². The van der Waals surface area contributed by atoms with Crippen LogP contribution in [0.25, 0.3) is 0 Å². The molecule has 0 aromatic carbocycles. The third-order valence-corrected chi connectivity index (χ3v) is 4.62. The first-order valence-corrected chi connectivity index (χ1v) is 9.00. The molecule has 0 unspecified atom stereocenters. The molecule has 5 heteroatoms. The second-order valence-electron chi connectivity index (χ2n) is 5.89. The standard InChI is InChI=1S/C18H25BrN4/c1-3-4-11-20-12-5-6-15-7-9-17(10-8-15)23(2)18-21-13-16(19)14-22-18/h3,13-15,17,20H,1,4,7-12H2,2H3/t15-,17-. The molecule has 124 valence electrons. The lowest BCUT2D eigenvalue weighted by molar-refractivity contribution is 0.372. The lowest BCUT2D eigenvalue weighted by atomic mass is 9.86. The summed E-state index contributed by atoms with van der Waals surface area (Å²) in [6.45, 7) is 5.45. The van der Waals surface area contributed by atoms with Crippen molar-refractivity contribution in [2.45, 2.75) is 38.1 Å². The van der Waals surface area contributed by atoms with E-state index in [2.05, 4.69) is 61.6 Å². The first-order chi connectivity index (χ1) is 11.2. The average Bonchev–Trinajstić information content (AvgIpc) is 2.58. The van der Waals surface area contributed by atoms with Gasteiger partial charge >= 0.3 is 0 Å². The summed E-state index contributed by atoms with van der Waals surface area (Å²) in [5.74, 6) is 8.00. The van der Waals surface area contributed by atoms with Crippen LogP contribution in [0.3, 0.4) is 0 Å². The summed E-state index contributed by atoms with van der Waals surface area (Å²) in [5.41, 5.74) is 0. The van der Waals surface area contributed by atoms with E-state index in [1.165, 1.54) is 0 Å². The summed E-state index contributed by atoms with van der Waals surface area (Å²) in [6, 6.07) is 0.514. The van der Waals surface area contributed by atoms with Crippen LogP contribution >= 0.6 is 15.9 Å². The molecule has 1 N–H and O–H groups in total. The van der Waals surface area contributed by atoms with Gasteiger partial charge in [-0.15, -0.1) is 6.58 Å². The lowest BCUT2D eigenvalue weighted by Crippen LogP contribution is -2.36. The zero-order valence-electron chi connectivity index (χ0n) is 13.8. The number of halogens is 1. The van der Waals surface area contributed by atoms with Crippen molar-refractivity contribution >= 4 is 21.9 Å². The lowest BCUT2D eigenvalue weighted by Gasteiger charge is -2.33. The maximum atomic E-state index is 4.38. The largest absolute Gasteiger partial charge is 0.341 e. The maximum Gasteiger partial charge on any atom is 0.225 e. The Balaban J connectivity index is 1.74. The van der Waals surface area contributed by atoms with Crippen molar-refractivity contribution in [2.75, 3.05) is 25.0 Å². The molecular formula is C18H25BrN4. The number of hydrogen-bond acceptors (Lipinski definition) is 4. The highest BCUT2D eigenvalue weighted by atomic mass is 79.9. The smallest absolute Gasteiger partial charge is 0.225 e. The molecule has 0 bridgehead atoms. The Morgan fingerprint density at radius 2 is 2.04 bits per heavy atom. The van der Waals surface area contributed by atoms with Crippen molar-refractivity contribution in [3.05, 3.63) is 29.5 Å². The Morgan fingerprint density at radius 3 is 2.70 bits per heavy atom. The maximum absolute atomic E-state index is 4.38. The summed E-state index contributed by atoms with van der Waals surface area (Å²) >= 11 is 3.37.